The molecule has 0 spiro atoms. The van der Waals surface area contributed by atoms with Crippen molar-refractivity contribution >= 4 is 10.8 Å². The second-order valence-corrected chi connectivity index (χ2v) is 5.50. The number of aliphatic hydroxyl groups is 1. The van der Waals surface area contributed by atoms with Gasteiger partial charge in [0.25, 0.3) is 0 Å². The summed E-state index contributed by atoms with van der Waals surface area (Å²) in [6.45, 7) is 0. The molecule has 18 heavy (non-hydrogen) atoms. The van der Waals surface area contributed by atoms with Crippen LogP contribution in [0, 0.1) is 5.92 Å². The van der Waals surface area contributed by atoms with Crippen molar-refractivity contribution in [1.29, 1.82) is 0 Å². The summed E-state index contributed by atoms with van der Waals surface area (Å²) in [4.78, 5) is 0. The first kappa shape index (κ1) is 11.7. The standard InChI is InChI=1S/C17H20O/c18-17-8-4-3-7-16(17)12-13-9-10-14-5-1-2-6-15(14)11-13/h1-2,5-6,9-11,16-18H,3-4,7-8,12H2/t16-,17+/m1/s1. The summed E-state index contributed by atoms with van der Waals surface area (Å²) >= 11 is 0. The van der Waals surface area contributed by atoms with Gasteiger partial charge in [0.2, 0.25) is 0 Å². The molecule has 0 heterocycles. The summed E-state index contributed by atoms with van der Waals surface area (Å²) in [5.74, 6) is 0.458. The summed E-state index contributed by atoms with van der Waals surface area (Å²) in [7, 11) is 0. The topological polar surface area (TPSA) is 20.2 Å². The molecule has 0 unspecified atom stereocenters. The summed E-state index contributed by atoms with van der Waals surface area (Å²) in [5, 5.41) is 12.6. The Labute approximate surface area is 108 Å². The van der Waals surface area contributed by atoms with Gasteiger partial charge >= 0.3 is 0 Å². The lowest BCUT2D eigenvalue weighted by molar-refractivity contribution is 0.0700. The van der Waals surface area contributed by atoms with E-state index in [0.717, 1.165) is 12.8 Å². The van der Waals surface area contributed by atoms with Gasteiger partial charge in [0.05, 0.1) is 6.10 Å². The van der Waals surface area contributed by atoms with Crippen molar-refractivity contribution in [1.82, 2.24) is 0 Å². The molecule has 1 aliphatic rings. The monoisotopic (exact) mass is 240 g/mol. The lowest BCUT2D eigenvalue weighted by atomic mass is 9.82. The highest BCUT2D eigenvalue weighted by Gasteiger charge is 2.22. The van der Waals surface area contributed by atoms with E-state index in [1.807, 2.05) is 0 Å². The Morgan fingerprint density at radius 1 is 0.944 bits per heavy atom. The average molecular weight is 240 g/mol. The van der Waals surface area contributed by atoms with Gasteiger partial charge in [-0.3, -0.25) is 0 Å². The number of aliphatic hydroxyl groups excluding tert-OH is 1. The second kappa shape index (κ2) is 5.11. The van der Waals surface area contributed by atoms with Crippen LogP contribution in [0.5, 0.6) is 0 Å². The summed E-state index contributed by atoms with van der Waals surface area (Å²) in [6, 6.07) is 15.2. The van der Waals surface area contributed by atoms with Gasteiger partial charge in [-0.15, -0.1) is 0 Å². The van der Waals surface area contributed by atoms with Crippen LogP contribution in [-0.4, -0.2) is 11.2 Å². The Kier molecular flexibility index (Phi) is 3.33. The van der Waals surface area contributed by atoms with Crippen molar-refractivity contribution < 1.29 is 5.11 Å². The van der Waals surface area contributed by atoms with E-state index in [4.69, 9.17) is 0 Å². The molecule has 1 heteroatoms. The molecule has 0 saturated heterocycles. The lowest BCUT2D eigenvalue weighted by Gasteiger charge is -2.27. The molecule has 1 N–H and O–H groups in total. The summed E-state index contributed by atoms with van der Waals surface area (Å²) in [6.07, 6.45) is 5.55. The van der Waals surface area contributed by atoms with E-state index in [1.165, 1.54) is 35.6 Å². The third kappa shape index (κ3) is 2.41. The highest BCUT2D eigenvalue weighted by Crippen LogP contribution is 2.28. The van der Waals surface area contributed by atoms with Crippen LogP contribution in [0.2, 0.25) is 0 Å². The van der Waals surface area contributed by atoms with Gasteiger partial charge in [0.1, 0.15) is 0 Å². The van der Waals surface area contributed by atoms with E-state index < -0.39 is 0 Å². The molecular weight excluding hydrogens is 220 g/mol. The molecule has 2 atom stereocenters. The van der Waals surface area contributed by atoms with Gasteiger partial charge in [-0.1, -0.05) is 55.3 Å². The van der Waals surface area contributed by atoms with Crippen LogP contribution in [0.4, 0.5) is 0 Å². The largest absolute Gasteiger partial charge is 0.393 e. The van der Waals surface area contributed by atoms with Crippen molar-refractivity contribution in [3.63, 3.8) is 0 Å². The molecule has 0 radical (unpaired) electrons. The zero-order chi connectivity index (χ0) is 12.4. The molecule has 2 aromatic rings. The van der Waals surface area contributed by atoms with Crippen molar-refractivity contribution in [3.05, 3.63) is 48.0 Å². The Morgan fingerprint density at radius 2 is 1.72 bits per heavy atom. The normalized spacial score (nSPS) is 24.3. The fourth-order valence-corrected chi connectivity index (χ4v) is 3.09. The Balaban J connectivity index is 1.81. The van der Waals surface area contributed by atoms with Crippen LogP contribution in [0.15, 0.2) is 42.5 Å². The maximum Gasteiger partial charge on any atom is 0.0571 e. The quantitative estimate of drug-likeness (QED) is 0.843. The van der Waals surface area contributed by atoms with E-state index >= 15 is 0 Å². The van der Waals surface area contributed by atoms with Crippen LogP contribution in [0.3, 0.4) is 0 Å². The van der Waals surface area contributed by atoms with E-state index in [2.05, 4.69) is 42.5 Å². The minimum atomic E-state index is -0.0924. The molecule has 3 rings (SSSR count). The van der Waals surface area contributed by atoms with Gasteiger partial charge in [-0.25, -0.2) is 0 Å². The van der Waals surface area contributed by atoms with Crippen LogP contribution < -0.4 is 0 Å². The van der Waals surface area contributed by atoms with Crippen LogP contribution in [-0.2, 0) is 6.42 Å². The van der Waals surface area contributed by atoms with Crippen molar-refractivity contribution in [3.8, 4) is 0 Å². The smallest absolute Gasteiger partial charge is 0.0571 e. The van der Waals surface area contributed by atoms with Gasteiger partial charge < -0.3 is 5.11 Å². The Morgan fingerprint density at radius 3 is 2.56 bits per heavy atom. The fraction of sp³-hybridized carbons (Fsp3) is 0.412. The predicted molar refractivity (Wildman–Crippen MR) is 75.6 cm³/mol. The van der Waals surface area contributed by atoms with Gasteiger partial charge in [0, 0.05) is 0 Å². The molecule has 1 fully saturated rings. The third-order valence-corrected chi connectivity index (χ3v) is 4.18. The second-order valence-electron chi connectivity index (χ2n) is 5.50. The predicted octanol–water partition coefficient (Wildman–Crippen LogP) is 3.93. The van der Waals surface area contributed by atoms with Crippen LogP contribution in [0.1, 0.15) is 31.2 Å². The number of rotatable bonds is 2. The first-order valence-electron chi connectivity index (χ1n) is 6.99. The van der Waals surface area contributed by atoms with Crippen molar-refractivity contribution in [2.24, 2.45) is 5.92 Å². The first-order chi connectivity index (χ1) is 8.83. The SMILES string of the molecule is O[C@H]1CCCC[C@@H]1Cc1ccc2ccccc2c1. The minimum absolute atomic E-state index is 0.0924. The molecule has 2 aromatic carbocycles. The molecule has 1 saturated carbocycles. The highest BCUT2D eigenvalue weighted by atomic mass is 16.3. The molecule has 1 nitrogen and oxygen atoms in total. The van der Waals surface area contributed by atoms with Crippen molar-refractivity contribution in [2.45, 2.75) is 38.2 Å². The molecule has 0 aliphatic heterocycles. The van der Waals surface area contributed by atoms with Gasteiger partial charge in [-0.2, -0.15) is 0 Å². The zero-order valence-corrected chi connectivity index (χ0v) is 10.7. The zero-order valence-electron chi connectivity index (χ0n) is 10.7. The fourth-order valence-electron chi connectivity index (χ4n) is 3.09. The van der Waals surface area contributed by atoms with Gasteiger partial charge in [-0.05, 0) is 41.5 Å². The number of benzene rings is 2. The number of fused-ring (bicyclic) bond motifs is 1. The first-order valence-corrected chi connectivity index (χ1v) is 6.99. The lowest BCUT2D eigenvalue weighted by Crippen LogP contribution is -2.26. The van der Waals surface area contributed by atoms with Crippen LogP contribution in [0.25, 0.3) is 10.8 Å². The molecule has 1 aliphatic carbocycles. The maximum absolute atomic E-state index is 10.0. The molecule has 0 aromatic heterocycles. The number of hydrogen-bond acceptors (Lipinski definition) is 1. The van der Waals surface area contributed by atoms with E-state index in [-0.39, 0.29) is 6.10 Å². The third-order valence-electron chi connectivity index (χ3n) is 4.18. The van der Waals surface area contributed by atoms with E-state index in [9.17, 15) is 5.11 Å². The molecule has 94 valence electrons. The van der Waals surface area contributed by atoms with Crippen LogP contribution >= 0.6 is 0 Å². The molecule has 0 bridgehead atoms. The summed E-state index contributed by atoms with van der Waals surface area (Å²) < 4.78 is 0. The van der Waals surface area contributed by atoms with Crippen molar-refractivity contribution in [2.75, 3.05) is 0 Å². The average Bonchev–Trinajstić information content (AvgIpc) is 2.41. The molecule has 0 amide bonds. The Hall–Kier alpha value is -1.34. The van der Waals surface area contributed by atoms with Gasteiger partial charge in [0.15, 0.2) is 0 Å². The Bertz CT molecular complexity index is 532. The van der Waals surface area contributed by atoms with E-state index in [1.54, 1.807) is 0 Å². The summed E-state index contributed by atoms with van der Waals surface area (Å²) in [5.41, 5.74) is 1.36. The minimum Gasteiger partial charge on any atom is -0.393 e. The highest BCUT2D eigenvalue weighted by molar-refractivity contribution is 5.82. The molecular formula is C17H20O. The maximum atomic E-state index is 10.0. The van der Waals surface area contributed by atoms with E-state index in [0.29, 0.717) is 5.92 Å². The number of hydrogen-bond donors (Lipinski definition) is 1.